The Hall–Kier alpha value is -3.43. The van der Waals surface area contributed by atoms with Gasteiger partial charge in [0, 0.05) is 24.2 Å². The SMILES string of the molecule is O=C1c2cc(-c3ncc(C(F)(F)F)cn3)ccc2OCCN1CC1N=CC=CN1. The topological polar surface area (TPSA) is 79.7 Å². The fourth-order valence-corrected chi connectivity index (χ4v) is 3.01. The van der Waals surface area contributed by atoms with Crippen molar-refractivity contribution >= 4 is 12.1 Å². The average molecular weight is 403 g/mol. The summed E-state index contributed by atoms with van der Waals surface area (Å²) in [4.78, 5) is 26.5. The zero-order valence-electron chi connectivity index (χ0n) is 15.1. The van der Waals surface area contributed by atoms with Gasteiger partial charge in [-0.05, 0) is 30.5 Å². The summed E-state index contributed by atoms with van der Waals surface area (Å²) in [5.41, 5.74) is -0.206. The van der Waals surface area contributed by atoms with Gasteiger partial charge in [-0.2, -0.15) is 13.2 Å². The summed E-state index contributed by atoms with van der Waals surface area (Å²) in [6.45, 7) is 1.06. The van der Waals surface area contributed by atoms with Gasteiger partial charge in [-0.15, -0.1) is 0 Å². The summed E-state index contributed by atoms with van der Waals surface area (Å²) >= 11 is 0. The van der Waals surface area contributed by atoms with E-state index in [9.17, 15) is 18.0 Å². The maximum Gasteiger partial charge on any atom is 0.419 e. The van der Waals surface area contributed by atoms with Gasteiger partial charge in [-0.1, -0.05) is 0 Å². The van der Waals surface area contributed by atoms with E-state index in [1.165, 1.54) is 6.07 Å². The summed E-state index contributed by atoms with van der Waals surface area (Å²) in [6, 6.07) is 4.76. The van der Waals surface area contributed by atoms with Crippen LogP contribution in [0.5, 0.6) is 5.75 Å². The van der Waals surface area contributed by atoms with Gasteiger partial charge < -0.3 is 15.0 Å². The number of fused-ring (bicyclic) bond motifs is 1. The minimum absolute atomic E-state index is 0.0908. The number of allylic oxidation sites excluding steroid dienone is 1. The van der Waals surface area contributed by atoms with Gasteiger partial charge in [-0.3, -0.25) is 9.79 Å². The summed E-state index contributed by atoms with van der Waals surface area (Å²) in [6.07, 6.45) is 1.85. The van der Waals surface area contributed by atoms with Crippen LogP contribution in [0.4, 0.5) is 13.2 Å². The van der Waals surface area contributed by atoms with E-state index in [-0.39, 0.29) is 17.9 Å². The Balaban J connectivity index is 1.60. The van der Waals surface area contributed by atoms with E-state index in [0.29, 0.717) is 36.6 Å². The largest absolute Gasteiger partial charge is 0.491 e. The quantitative estimate of drug-likeness (QED) is 0.852. The van der Waals surface area contributed by atoms with E-state index in [1.807, 2.05) is 0 Å². The highest BCUT2D eigenvalue weighted by Gasteiger charge is 2.31. The Morgan fingerprint density at radius 2 is 2.03 bits per heavy atom. The predicted octanol–water partition coefficient (Wildman–Crippen LogP) is 2.51. The monoisotopic (exact) mass is 403 g/mol. The number of ether oxygens (including phenoxy) is 1. The maximum absolute atomic E-state index is 13.0. The van der Waals surface area contributed by atoms with Crippen LogP contribution in [0.25, 0.3) is 11.4 Å². The highest BCUT2D eigenvalue weighted by atomic mass is 19.4. The third-order valence-electron chi connectivity index (χ3n) is 4.48. The lowest BCUT2D eigenvalue weighted by Gasteiger charge is -2.25. The molecule has 1 unspecified atom stereocenters. The Bertz CT molecular complexity index is 973. The number of hydrogen-bond acceptors (Lipinski definition) is 6. The Labute approximate surface area is 163 Å². The third-order valence-corrected chi connectivity index (χ3v) is 4.48. The maximum atomic E-state index is 13.0. The zero-order chi connectivity index (χ0) is 20.4. The second-order valence-electron chi connectivity index (χ2n) is 6.44. The number of rotatable bonds is 3. The van der Waals surface area contributed by atoms with Crippen LogP contribution in [-0.4, -0.2) is 52.9 Å². The standard InChI is InChI=1S/C19H16F3N5O2/c20-19(21,22)13-9-25-17(26-10-13)12-2-3-15-14(8-12)18(28)27(6-7-29-15)11-16-23-4-1-5-24-16/h1-5,8-10,16,23H,6-7,11H2. The molecule has 0 saturated heterocycles. The van der Waals surface area contributed by atoms with E-state index in [1.54, 1.807) is 35.5 Å². The first-order valence-electron chi connectivity index (χ1n) is 8.82. The molecule has 2 aliphatic rings. The van der Waals surface area contributed by atoms with Gasteiger partial charge in [0.1, 0.15) is 18.5 Å². The molecule has 1 N–H and O–H groups in total. The van der Waals surface area contributed by atoms with Gasteiger partial charge in [0.25, 0.3) is 5.91 Å². The van der Waals surface area contributed by atoms with Crippen molar-refractivity contribution in [1.82, 2.24) is 20.2 Å². The number of nitrogens with one attached hydrogen (secondary N) is 1. The van der Waals surface area contributed by atoms with Gasteiger partial charge in [-0.25, -0.2) is 9.97 Å². The fourth-order valence-electron chi connectivity index (χ4n) is 3.01. The lowest BCUT2D eigenvalue weighted by Crippen LogP contribution is -2.42. The van der Waals surface area contributed by atoms with Crippen LogP contribution in [0.3, 0.4) is 0 Å². The molecule has 1 atom stereocenters. The minimum Gasteiger partial charge on any atom is -0.491 e. The number of aromatic nitrogens is 2. The van der Waals surface area contributed by atoms with Crippen LogP contribution in [-0.2, 0) is 6.18 Å². The normalized spacial score (nSPS) is 18.7. The molecule has 0 spiro atoms. The van der Waals surface area contributed by atoms with Crippen LogP contribution < -0.4 is 10.1 Å². The van der Waals surface area contributed by atoms with Crippen molar-refractivity contribution in [2.45, 2.75) is 12.3 Å². The first-order chi connectivity index (χ1) is 13.9. The van der Waals surface area contributed by atoms with E-state index in [2.05, 4.69) is 20.3 Å². The van der Waals surface area contributed by atoms with Gasteiger partial charge >= 0.3 is 6.18 Å². The molecule has 0 saturated carbocycles. The van der Waals surface area contributed by atoms with Crippen molar-refractivity contribution in [3.8, 4) is 17.1 Å². The number of alkyl halides is 3. The summed E-state index contributed by atoms with van der Waals surface area (Å²) in [5.74, 6) is 0.249. The highest BCUT2D eigenvalue weighted by molar-refractivity contribution is 5.98. The van der Waals surface area contributed by atoms with Gasteiger partial charge in [0.05, 0.1) is 24.2 Å². The molecule has 4 rings (SSSR count). The van der Waals surface area contributed by atoms with Gasteiger partial charge in [0.15, 0.2) is 5.82 Å². The molecule has 150 valence electrons. The zero-order valence-corrected chi connectivity index (χ0v) is 15.1. The Kier molecular flexibility index (Phi) is 4.91. The molecule has 1 aromatic heterocycles. The minimum atomic E-state index is -4.51. The van der Waals surface area contributed by atoms with Crippen molar-refractivity contribution in [2.75, 3.05) is 19.7 Å². The molecule has 1 amide bonds. The Morgan fingerprint density at radius 3 is 2.72 bits per heavy atom. The molecular formula is C19H16F3N5O2. The molecule has 2 aromatic rings. The molecule has 2 aliphatic heterocycles. The Morgan fingerprint density at radius 1 is 1.24 bits per heavy atom. The van der Waals surface area contributed by atoms with Crippen LogP contribution in [0.2, 0.25) is 0 Å². The van der Waals surface area contributed by atoms with Crippen LogP contribution in [0, 0.1) is 0 Å². The second kappa shape index (κ2) is 7.53. The van der Waals surface area contributed by atoms with Crippen LogP contribution >= 0.6 is 0 Å². The number of amides is 1. The number of carbonyl (C=O) groups is 1. The average Bonchev–Trinajstić information content (AvgIpc) is 2.87. The van der Waals surface area contributed by atoms with Gasteiger partial charge in [0.2, 0.25) is 0 Å². The number of halogens is 3. The molecular weight excluding hydrogens is 387 g/mol. The van der Waals surface area contributed by atoms with Crippen LogP contribution in [0.15, 0.2) is 47.9 Å². The number of carbonyl (C=O) groups excluding carboxylic acids is 1. The van der Waals surface area contributed by atoms with Crippen molar-refractivity contribution in [1.29, 1.82) is 0 Å². The number of benzene rings is 1. The number of aliphatic imine (C=N–C) groups is 1. The first kappa shape index (κ1) is 18.9. The van der Waals surface area contributed by atoms with E-state index in [0.717, 1.165) is 12.4 Å². The lowest BCUT2D eigenvalue weighted by atomic mass is 10.1. The third kappa shape index (κ3) is 4.05. The molecule has 0 aliphatic carbocycles. The number of nitrogens with zero attached hydrogens (tertiary/aromatic N) is 4. The predicted molar refractivity (Wildman–Crippen MR) is 98.4 cm³/mol. The molecule has 29 heavy (non-hydrogen) atoms. The molecule has 3 heterocycles. The highest BCUT2D eigenvalue weighted by Crippen LogP contribution is 2.30. The summed E-state index contributed by atoms with van der Waals surface area (Å²) in [5, 5.41) is 3.06. The summed E-state index contributed by atoms with van der Waals surface area (Å²) < 4.78 is 43.8. The fraction of sp³-hybridized carbons (Fsp3) is 0.263. The molecule has 10 heteroatoms. The summed E-state index contributed by atoms with van der Waals surface area (Å²) in [7, 11) is 0. The van der Waals surface area contributed by atoms with Crippen molar-refractivity contribution in [2.24, 2.45) is 4.99 Å². The molecule has 1 aromatic carbocycles. The van der Waals surface area contributed by atoms with Crippen molar-refractivity contribution in [3.05, 3.63) is 54.0 Å². The van der Waals surface area contributed by atoms with E-state index < -0.39 is 11.7 Å². The van der Waals surface area contributed by atoms with Crippen molar-refractivity contribution in [3.63, 3.8) is 0 Å². The number of hydrogen-bond donors (Lipinski definition) is 1. The first-order valence-corrected chi connectivity index (χ1v) is 8.82. The molecule has 0 radical (unpaired) electrons. The lowest BCUT2D eigenvalue weighted by molar-refractivity contribution is -0.138. The molecule has 0 bridgehead atoms. The molecule has 7 nitrogen and oxygen atoms in total. The van der Waals surface area contributed by atoms with E-state index >= 15 is 0 Å². The van der Waals surface area contributed by atoms with Crippen LogP contribution in [0.1, 0.15) is 15.9 Å². The smallest absolute Gasteiger partial charge is 0.419 e. The molecule has 0 fully saturated rings. The second-order valence-corrected chi connectivity index (χ2v) is 6.44. The van der Waals surface area contributed by atoms with Crippen molar-refractivity contribution < 1.29 is 22.7 Å². The van der Waals surface area contributed by atoms with E-state index in [4.69, 9.17) is 4.74 Å².